The van der Waals surface area contributed by atoms with Gasteiger partial charge >= 0.3 is 0 Å². The number of nitrogens with two attached hydrogens (primary N) is 1. The van der Waals surface area contributed by atoms with Crippen LogP contribution in [0.4, 0.5) is 0 Å². The first-order chi connectivity index (χ1) is 5.06. The molecule has 0 bridgehead atoms. The van der Waals surface area contributed by atoms with Crippen LogP contribution < -0.4 is 5.73 Å². The number of halogens is 1. The van der Waals surface area contributed by atoms with Gasteiger partial charge in [0.2, 0.25) is 0 Å². The molecule has 0 aliphatic heterocycles. The second-order valence-electron chi connectivity index (χ2n) is 3.22. The van der Waals surface area contributed by atoms with Crippen LogP contribution in [0.5, 0.6) is 0 Å². The number of hydrogen-bond donors (Lipinski definition) is 1. The highest BCUT2D eigenvalue weighted by Crippen LogP contribution is 2.25. The van der Waals surface area contributed by atoms with E-state index < -0.39 is 0 Å². The molecule has 0 unspecified atom stereocenters. The summed E-state index contributed by atoms with van der Waals surface area (Å²) in [6.07, 6.45) is 1.67. The van der Waals surface area contributed by atoms with E-state index in [0.717, 1.165) is 10.2 Å². The molecule has 0 atom stereocenters. The molecular weight excluding hydrogens is 206 g/mol. The van der Waals surface area contributed by atoms with Crippen molar-refractivity contribution in [1.82, 2.24) is 0 Å². The van der Waals surface area contributed by atoms with Gasteiger partial charge in [-0.25, -0.2) is 0 Å². The van der Waals surface area contributed by atoms with Gasteiger partial charge in [0.25, 0.3) is 0 Å². The summed E-state index contributed by atoms with van der Waals surface area (Å²) in [5.74, 6) is 0.923. The van der Waals surface area contributed by atoms with Crippen LogP contribution >= 0.6 is 15.9 Å². The summed E-state index contributed by atoms with van der Waals surface area (Å²) in [5, 5.41) is 0. The van der Waals surface area contributed by atoms with Crippen molar-refractivity contribution in [1.29, 1.82) is 0 Å². The Balaban J connectivity index is 2.92. The SMILES string of the molecule is CC(C)(CN)c1cc(Br)co1. The van der Waals surface area contributed by atoms with Crippen molar-refractivity contribution in [2.45, 2.75) is 19.3 Å². The van der Waals surface area contributed by atoms with Crippen LogP contribution in [0.3, 0.4) is 0 Å². The summed E-state index contributed by atoms with van der Waals surface area (Å²) >= 11 is 3.32. The molecule has 2 N–H and O–H groups in total. The third-order valence-corrected chi connectivity index (χ3v) is 2.16. The Morgan fingerprint density at radius 2 is 2.27 bits per heavy atom. The Morgan fingerprint density at radius 1 is 1.64 bits per heavy atom. The van der Waals surface area contributed by atoms with Gasteiger partial charge in [-0.3, -0.25) is 0 Å². The molecule has 1 heterocycles. The molecule has 0 aromatic carbocycles. The van der Waals surface area contributed by atoms with Crippen molar-refractivity contribution in [2.24, 2.45) is 5.73 Å². The molecular formula is C8H12BrNO. The van der Waals surface area contributed by atoms with Crippen LogP contribution in [0.25, 0.3) is 0 Å². The van der Waals surface area contributed by atoms with E-state index in [1.807, 2.05) is 6.07 Å². The molecule has 0 saturated heterocycles. The molecule has 0 fully saturated rings. The fraction of sp³-hybridized carbons (Fsp3) is 0.500. The van der Waals surface area contributed by atoms with E-state index in [9.17, 15) is 0 Å². The van der Waals surface area contributed by atoms with Crippen LogP contribution in [0, 0.1) is 0 Å². The first-order valence-electron chi connectivity index (χ1n) is 3.51. The maximum atomic E-state index is 5.57. The standard InChI is InChI=1S/C8H12BrNO/c1-8(2,5-10)7-3-6(9)4-11-7/h3-4H,5,10H2,1-2H3. The van der Waals surface area contributed by atoms with Crippen LogP contribution in [0.1, 0.15) is 19.6 Å². The van der Waals surface area contributed by atoms with Gasteiger partial charge in [-0.15, -0.1) is 0 Å². The Bertz CT molecular complexity index is 242. The fourth-order valence-corrected chi connectivity index (χ4v) is 1.07. The Morgan fingerprint density at radius 3 is 2.64 bits per heavy atom. The zero-order chi connectivity index (χ0) is 8.48. The van der Waals surface area contributed by atoms with Crippen molar-refractivity contribution < 1.29 is 4.42 Å². The molecule has 1 aromatic rings. The van der Waals surface area contributed by atoms with E-state index in [1.165, 1.54) is 0 Å². The van der Waals surface area contributed by atoms with Gasteiger partial charge in [-0.1, -0.05) is 13.8 Å². The lowest BCUT2D eigenvalue weighted by atomic mass is 9.91. The summed E-state index contributed by atoms with van der Waals surface area (Å²) in [5.41, 5.74) is 5.51. The van der Waals surface area contributed by atoms with E-state index in [2.05, 4.69) is 29.8 Å². The lowest BCUT2D eigenvalue weighted by Crippen LogP contribution is -2.27. The molecule has 0 aliphatic carbocycles. The first-order valence-corrected chi connectivity index (χ1v) is 4.30. The molecule has 62 valence electrons. The van der Waals surface area contributed by atoms with Crippen molar-refractivity contribution in [3.05, 3.63) is 22.6 Å². The summed E-state index contributed by atoms with van der Waals surface area (Å²) in [6.45, 7) is 4.70. The van der Waals surface area contributed by atoms with E-state index in [0.29, 0.717) is 6.54 Å². The fourth-order valence-electron chi connectivity index (χ4n) is 0.769. The topological polar surface area (TPSA) is 39.2 Å². The van der Waals surface area contributed by atoms with Gasteiger partial charge in [-0.05, 0) is 22.0 Å². The van der Waals surface area contributed by atoms with Crippen LogP contribution in [0.15, 0.2) is 21.2 Å². The normalized spacial score (nSPS) is 12.0. The molecule has 1 aromatic heterocycles. The molecule has 2 nitrogen and oxygen atoms in total. The highest BCUT2D eigenvalue weighted by Gasteiger charge is 2.21. The smallest absolute Gasteiger partial charge is 0.111 e. The number of rotatable bonds is 2. The van der Waals surface area contributed by atoms with Gasteiger partial charge in [0.1, 0.15) is 12.0 Å². The predicted octanol–water partition coefficient (Wildman–Crippen LogP) is 2.28. The monoisotopic (exact) mass is 217 g/mol. The summed E-state index contributed by atoms with van der Waals surface area (Å²) in [6, 6.07) is 1.95. The predicted molar refractivity (Wildman–Crippen MR) is 48.5 cm³/mol. The Labute approximate surface area is 74.9 Å². The highest BCUT2D eigenvalue weighted by molar-refractivity contribution is 9.10. The molecule has 0 spiro atoms. The van der Waals surface area contributed by atoms with Gasteiger partial charge < -0.3 is 10.2 Å². The molecule has 0 saturated carbocycles. The van der Waals surface area contributed by atoms with Crippen molar-refractivity contribution in [3.63, 3.8) is 0 Å². The van der Waals surface area contributed by atoms with Gasteiger partial charge in [0.15, 0.2) is 0 Å². The molecule has 0 radical (unpaired) electrons. The van der Waals surface area contributed by atoms with E-state index in [1.54, 1.807) is 6.26 Å². The Hall–Kier alpha value is -0.280. The molecule has 0 amide bonds. The van der Waals surface area contributed by atoms with Gasteiger partial charge in [0.05, 0.1) is 4.47 Å². The summed E-state index contributed by atoms with van der Waals surface area (Å²) in [4.78, 5) is 0. The minimum Gasteiger partial charge on any atom is -0.468 e. The zero-order valence-corrected chi connectivity index (χ0v) is 8.31. The molecule has 0 aliphatic rings. The third kappa shape index (κ3) is 1.84. The van der Waals surface area contributed by atoms with Crippen molar-refractivity contribution in [3.8, 4) is 0 Å². The van der Waals surface area contributed by atoms with Crippen LogP contribution in [-0.4, -0.2) is 6.54 Å². The van der Waals surface area contributed by atoms with E-state index in [4.69, 9.17) is 10.2 Å². The largest absolute Gasteiger partial charge is 0.468 e. The first kappa shape index (κ1) is 8.81. The maximum Gasteiger partial charge on any atom is 0.111 e. The lowest BCUT2D eigenvalue weighted by Gasteiger charge is -2.18. The third-order valence-electron chi connectivity index (χ3n) is 1.74. The second kappa shape index (κ2) is 2.99. The average Bonchev–Trinajstić information content (AvgIpc) is 2.36. The molecule has 3 heteroatoms. The van der Waals surface area contributed by atoms with Crippen molar-refractivity contribution >= 4 is 15.9 Å². The van der Waals surface area contributed by atoms with E-state index >= 15 is 0 Å². The summed E-state index contributed by atoms with van der Waals surface area (Å²) in [7, 11) is 0. The zero-order valence-electron chi connectivity index (χ0n) is 6.73. The maximum absolute atomic E-state index is 5.57. The number of furan rings is 1. The van der Waals surface area contributed by atoms with Crippen molar-refractivity contribution in [2.75, 3.05) is 6.54 Å². The second-order valence-corrected chi connectivity index (χ2v) is 4.13. The van der Waals surface area contributed by atoms with Crippen LogP contribution in [0.2, 0.25) is 0 Å². The lowest BCUT2D eigenvalue weighted by molar-refractivity contribution is 0.391. The Kier molecular flexibility index (Phi) is 2.40. The van der Waals surface area contributed by atoms with E-state index in [-0.39, 0.29) is 5.41 Å². The molecule has 11 heavy (non-hydrogen) atoms. The minimum atomic E-state index is -0.0635. The van der Waals surface area contributed by atoms with Crippen LogP contribution in [-0.2, 0) is 5.41 Å². The quantitative estimate of drug-likeness (QED) is 0.826. The van der Waals surface area contributed by atoms with Gasteiger partial charge in [-0.2, -0.15) is 0 Å². The average molecular weight is 218 g/mol. The highest BCUT2D eigenvalue weighted by atomic mass is 79.9. The minimum absolute atomic E-state index is 0.0635. The molecule has 1 rings (SSSR count). The number of hydrogen-bond acceptors (Lipinski definition) is 2. The summed E-state index contributed by atoms with van der Waals surface area (Å²) < 4.78 is 6.26. The van der Waals surface area contributed by atoms with Gasteiger partial charge in [0, 0.05) is 12.0 Å².